The van der Waals surface area contributed by atoms with Crippen LogP contribution in [0.2, 0.25) is 0 Å². The number of aryl methyl sites for hydroxylation is 1. The van der Waals surface area contributed by atoms with E-state index in [1.54, 1.807) is 23.9 Å². The lowest BCUT2D eigenvalue weighted by atomic mass is 10.1. The van der Waals surface area contributed by atoms with E-state index in [1.165, 1.54) is 0 Å². The lowest BCUT2D eigenvalue weighted by Gasteiger charge is -2.01. The molecule has 0 fully saturated rings. The molecule has 0 aliphatic rings. The molecule has 0 aromatic carbocycles. The van der Waals surface area contributed by atoms with Gasteiger partial charge < -0.3 is 9.15 Å². The van der Waals surface area contributed by atoms with E-state index < -0.39 is 5.97 Å². The van der Waals surface area contributed by atoms with Crippen LogP contribution in [0.15, 0.2) is 28.9 Å². The molecular formula is C14H14N2O3. The van der Waals surface area contributed by atoms with Crippen LogP contribution >= 0.6 is 0 Å². The maximum absolute atomic E-state index is 11.9. The molecule has 0 amide bonds. The van der Waals surface area contributed by atoms with Crippen LogP contribution in [-0.4, -0.2) is 17.1 Å². The highest BCUT2D eigenvalue weighted by Crippen LogP contribution is 2.26. The monoisotopic (exact) mass is 258 g/mol. The fourth-order valence-corrected chi connectivity index (χ4v) is 1.80. The van der Waals surface area contributed by atoms with Crippen molar-refractivity contribution >= 4 is 5.97 Å². The Balaban J connectivity index is 2.46. The first-order valence-electron chi connectivity index (χ1n) is 6.03. The normalized spacial score (nSPS) is 10.2. The van der Waals surface area contributed by atoms with Gasteiger partial charge in [-0.15, -0.1) is 0 Å². The SMILES string of the molecule is CCCOC(=O)c1c(C)oc(-n2cccc2)c1C#N. The molecule has 2 aromatic heterocycles. The largest absolute Gasteiger partial charge is 0.462 e. The number of hydrogen-bond donors (Lipinski definition) is 0. The minimum Gasteiger partial charge on any atom is -0.462 e. The molecule has 0 aliphatic carbocycles. The predicted molar refractivity (Wildman–Crippen MR) is 68.1 cm³/mol. The van der Waals surface area contributed by atoms with Gasteiger partial charge in [-0.1, -0.05) is 6.92 Å². The third kappa shape index (κ3) is 2.38. The van der Waals surface area contributed by atoms with Crippen molar-refractivity contribution in [3.63, 3.8) is 0 Å². The Morgan fingerprint density at radius 1 is 1.47 bits per heavy atom. The van der Waals surface area contributed by atoms with Gasteiger partial charge in [0.2, 0.25) is 5.88 Å². The minimum atomic E-state index is -0.516. The highest BCUT2D eigenvalue weighted by Gasteiger charge is 2.25. The Morgan fingerprint density at radius 2 is 2.16 bits per heavy atom. The van der Waals surface area contributed by atoms with Crippen molar-refractivity contribution in [2.45, 2.75) is 20.3 Å². The third-order valence-electron chi connectivity index (χ3n) is 2.66. The van der Waals surface area contributed by atoms with Crippen LogP contribution < -0.4 is 0 Å². The van der Waals surface area contributed by atoms with Gasteiger partial charge in [-0.2, -0.15) is 5.26 Å². The maximum Gasteiger partial charge on any atom is 0.343 e. The molecular weight excluding hydrogens is 244 g/mol. The van der Waals surface area contributed by atoms with E-state index in [2.05, 4.69) is 0 Å². The van der Waals surface area contributed by atoms with Gasteiger partial charge in [-0.25, -0.2) is 4.79 Å². The van der Waals surface area contributed by atoms with Gasteiger partial charge >= 0.3 is 5.97 Å². The van der Waals surface area contributed by atoms with E-state index in [0.29, 0.717) is 18.3 Å². The average Bonchev–Trinajstić information content (AvgIpc) is 3.02. The van der Waals surface area contributed by atoms with Gasteiger partial charge in [-0.05, 0) is 25.5 Å². The van der Waals surface area contributed by atoms with E-state index in [0.717, 1.165) is 6.42 Å². The molecule has 5 nitrogen and oxygen atoms in total. The summed E-state index contributed by atoms with van der Waals surface area (Å²) in [6.07, 6.45) is 4.23. The fraction of sp³-hybridized carbons (Fsp3) is 0.286. The highest BCUT2D eigenvalue weighted by molar-refractivity contribution is 5.94. The van der Waals surface area contributed by atoms with Gasteiger partial charge in [0.05, 0.1) is 6.61 Å². The van der Waals surface area contributed by atoms with Crippen LogP contribution in [0, 0.1) is 18.3 Å². The van der Waals surface area contributed by atoms with Gasteiger partial charge in [0, 0.05) is 12.4 Å². The van der Waals surface area contributed by atoms with Crippen molar-refractivity contribution in [2.24, 2.45) is 0 Å². The molecule has 0 aliphatic heterocycles. The molecule has 0 saturated heterocycles. The molecule has 5 heteroatoms. The summed E-state index contributed by atoms with van der Waals surface area (Å²) in [5.41, 5.74) is 0.412. The molecule has 0 N–H and O–H groups in total. The number of furan rings is 1. The molecule has 2 aromatic rings. The zero-order chi connectivity index (χ0) is 13.8. The summed E-state index contributed by atoms with van der Waals surface area (Å²) in [5, 5.41) is 9.25. The fourth-order valence-electron chi connectivity index (χ4n) is 1.80. The van der Waals surface area contributed by atoms with Gasteiger partial charge in [0.25, 0.3) is 0 Å². The first-order chi connectivity index (χ1) is 9.19. The van der Waals surface area contributed by atoms with E-state index in [1.807, 2.05) is 25.1 Å². The second kappa shape index (κ2) is 5.44. The average molecular weight is 258 g/mol. The number of ether oxygens (including phenoxy) is 1. The quantitative estimate of drug-likeness (QED) is 0.791. The zero-order valence-corrected chi connectivity index (χ0v) is 10.8. The van der Waals surface area contributed by atoms with Crippen LogP contribution in [0.4, 0.5) is 0 Å². The van der Waals surface area contributed by atoms with Crippen LogP contribution in [0.5, 0.6) is 0 Å². The van der Waals surface area contributed by atoms with Crippen LogP contribution in [0.1, 0.15) is 35.0 Å². The Kier molecular flexibility index (Phi) is 3.71. The maximum atomic E-state index is 11.9. The summed E-state index contributed by atoms with van der Waals surface area (Å²) in [7, 11) is 0. The summed E-state index contributed by atoms with van der Waals surface area (Å²) < 4.78 is 12.2. The number of esters is 1. The number of nitriles is 1. The second-order valence-electron chi connectivity index (χ2n) is 4.05. The van der Waals surface area contributed by atoms with Crippen LogP contribution in [0.3, 0.4) is 0 Å². The standard InChI is InChI=1S/C14H14N2O3/c1-3-8-18-14(17)12-10(2)19-13(11(12)9-15)16-6-4-5-7-16/h4-7H,3,8H2,1-2H3. The lowest BCUT2D eigenvalue weighted by Crippen LogP contribution is -2.08. The van der Waals surface area contributed by atoms with Crippen molar-refractivity contribution in [1.82, 2.24) is 4.57 Å². The number of hydrogen-bond acceptors (Lipinski definition) is 4. The number of nitrogens with zero attached hydrogens (tertiary/aromatic N) is 2. The Hall–Kier alpha value is -2.48. The third-order valence-corrected chi connectivity index (χ3v) is 2.66. The first-order valence-corrected chi connectivity index (χ1v) is 6.03. The molecule has 0 saturated carbocycles. The molecule has 0 atom stereocenters. The summed E-state index contributed by atoms with van der Waals surface area (Å²) >= 11 is 0. The molecule has 0 spiro atoms. The van der Waals surface area contributed by atoms with Crippen molar-refractivity contribution in [1.29, 1.82) is 5.26 Å². The van der Waals surface area contributed by atoms with E-state index in [-0.39, 0.29) is 11.1 Å². The number of carbonyl (C=O) groups is 1. The number of aromatic nitrogens is 1. The predicted octanol–water partition coefficient (Wildman–Crippen LogP) is 2.82. The van der Waals surface area contributed by atoms with Crippen LogP contribution in [-0.2, 0) is 4.74 Å². The minimum absolute atomic E-state index is 0.204. The Labute approximate surface area is 111 Å². The summed E-state index contributed by atoms with van der Waals surface area (Å²) in [6.45, 7) is 3.88. The van der Waals surface area contributed by atoms with Gasteiger partial charge in [-0.3, -0.25) is 4.57 Å². The second-order valence-corrected chi connectivity index (χ2v) is 4.05. The van der Waals surface area contributed by atoms with E-state index >= 15 is 0 Å². The molecule has 0 bridgehead atoms. The highest BCUT2D eigenvalue weighted by atomic mass is 16.5. The lowest BCUT2D eigenvalue weighted by molar-refractivity contribution is 0.0503. The van der Waals surface area contributed by atoms with Crippen molar-refractivity contribution in [3.8, 4) is 12.0 Å². The van der Waals surface area contributed by atoms with E-state index in [9.17, 15) is 10.1 Å². The number of rotatable bonds is 4. The molecule has 0 radical (unpaired) electrons. The summed E-state index contributed by atoms with van der Waals surface area (Å²) in [6, 6.07) is 5.64. The van der Waals surface area contributed by atoms with Crippen LogP contribution in [0.25, 0.3) is 5.88 Å². The zero-order valence-electron chi connectivity index (χ0n) is 10.8. The molecule has 2 heterocycles. The van der Waals surface area contributed by atoms with Crippen molar-refractivity contribution in [3.05, 3.63) is 41.4 Å². The van der Waals surface area contributed by atoms with E-state index in [4.69, 9.17) is 9.15 Å². The first kappa shape index (κ1) is 13.0. The molecule has 19 heavy (non-hydrogen) atoms. The van der Waals surface area contributed by atoms with Gasteiger partial charge in [0.1, 0.15) is 23.0 Å². The summed E-state index contributed by atoms with van der Waals surface area (Å²) in [4.78, 5) is 11.9. The Bertz CT molecular complexity index is 618. The van der Waals surface area contributed by atoms with Crippen molar-refractivity contribution < 1.29 is 13.9 Å². The van der Waals surface area contributed by atoms with Gasteiger partial charge in [0.15, 0.2) is 0 Å². The topological polar surface area (TPSA) is 68.2 Å². The number of carbonyl (C=O) groups excluding carboxylic acids is 1. The smallest absolute Gasteiger partial charge is 0.343 e. The Morgan fingerprint density at radius 3 is 2.74 bits per heavy atom. The molecule has 2 rings (SSSR count). The molecule has 98 valence electrons. The molecule has 0 unspecified atom stereocenters. The van der Waals surface area contributed by atoms with Crippen molar-refractivity contribution in [2.75, 3.05) is 6.61 Å². The summed E-state index contributed by atoms with van der Waals surface area (Å²) in [5.74, 6) is 0.216.